The Morgan fingerprint density at radius 2 is 0.424 bits per heavy atom. The van der Waals surface area contributed by atoms with E-state index in [0.717, 1.165) is 48.5 Å². The van der Waals surface area contributed by atoms with E-state index in [-0.39, 0.29) is 0 Å². The van der Waals surface area contributed by atoms with Crippen LogP contribution in [0.3, 0.4) is 0 Å². The van der Waals surface area contributed by atoms with Crippen LogP contribution in [0.15, 0.2) is 0 Å². The zero-order valence-electron chi connectivity index (χ0n) is 71.7. The minimum absolute atomic E-state index is 0.826. The molecule has 10 fully saturated rings. The van der Waals surface area contributed by atoms with Gasteiger partial charge in [-0.3, -0.25) is 33.6 Å². The van der Waals surface area contributed by atoms with Gasteiger partial charge in [-0.1, -0.05) is 0 Å². The van der Waals surface area contributed by atoms with Crippen molar-refractivity contribution >= 4 is 41.4 Å². The largest absolute Gasteiger partial charge is 0.394 e. The Bertz CT molecular complexity index is 3700. The summed E-state index contributed by atoms with van der Waals surface area (Å²) in [6, 6.07) is -13.0. The molecule has 10 heterocycles. The molecule has 10 aliphatic heterocycles. The van der Waals surface area contributed by atoms with Crippen molar-refractivity contribution in [3.8, 4) is 0 Å². The van der Waals surface area contributed by atoms with Crippen LogP contribution < -0.4 is 37.2 Å². The van der Waals surface area contributed by atoms with Gasteiger partial charge in [0.2, 0.25) is 41.4 Å². The molecule has 58 nitrogen and oxygen atoms in total. The molecule has 32 N–H and O–H groups in total. The molecular formula is C74H123N7O51. The minimum Gasteiger partial charge on any atom is -0.394 e. The highest BCUT2D eigenvalue weighted by Gasteiger charge is 2.62. The monoisotopic (exact) mass is 1930 g/mol. The average Bonchev–Trinajstić information content (AvgIpc) is 0.763. The van der Waals surface area contributed by atoms with E-state index in [9.17, 15) is 161 Å². The Kier molecular flexibility index (Phi) is 39.4. The number of hydrogen-bond acceptors (Lipinski definition) is 51. The summed E-state index contributed by atoms with van der Waals surface area (Å²) in [6.07, 6.45) is -93.4. The van der Waals surface area contributed by atoms with Gasteiger partial charge in [0.1, 0.15) is 244 Å². The third kappa shape index (κ3) is 25.0. The molecule has 132 heavy (non-hydrogen) atoms. The van der Waals surface area contributed by atoms with E-state index >= 15 is 0 Å². The van der Waals surface area contributed by atoms with Gasteiger partial charge in [-0.05, 0) is 0 Å². The highest BCUT2D eigenvalue weighted by atomic mass is 16.8. The first kappa shape index (κ1) is 109. The van der Waals surface area contributed by atoms with Crippen molar-refractivity contribution in [2.75, 3.05) is 66.1 Å². The van der Waals surface area contributed by atoms with Crippen molar-refractivity contribution in [2.45, 2.75) is 355 Å². The first-order valence-corrected chi connectivity index (χ1v) is 42.1. The second-order valence-corrected chi connectivity index (χ2v) is 33.3. The summed E-state index contributed by atoms with van der Waals surface area (Å²) in [7, 11) is 0. The first-order chi connectivity index (χ1) is 62.3. The van der Waals surface area contributed by atoms with Crippen molar-refractivity contribution in [1.29, 1.82) is 0 Å². The van der Waals surface area contributed by atoms with Gasteiger partial charge in [0, 0.05) is 48.5 Å². The zero-order chi connectivity index (χ0) is 97.4. The molecule has 58 heteroatoms. The Morgan fingerprint density at radius 1 is 0.197 bits per heavy atom. The molecule has 0 radical (unpaired) electrons. The Morgan fingerprint density at radius 3 is 0.780 bits per heavy atom. The minimum atomic E-state index is -2.73. The number of aliphatic hydroxyl groups is 25. The van der Waals surface area contributed by atoms with Gasteiger partial charge in [0.05, 0.1) is 66.1 Å². The lowest BCUT2D eigenvalue weighted by Crippen LogP contribution is -2.71. The SMILES string of the molecule is CC(=O)N[C@@H]1[C@@H](O)[C@H](O[C@@H]2O[C@H](CO)[C@@H](O[C@@H]3O[C@H](CO[C@H]4O[C@H](CO[C@@H]5O[C@H](CO)[C@@H](O)[C@H](O)[C@H]5NC(C)=O)[C@@H](O[C@@H]5O[C@H](CO)[C@@H](O)[C@H](O)[C@H]5NC(C)=O)[C@H](O)[C@@H]4O[C@@H]4O[C@H](CO)[C@@H](O)[C@H](O)[C@H]4NC(C)=O)[C@@H](O)[C@H](O[C@H]4O[C@H](CO[C@@H]5O[C@H](CO)[C@@H](O)[C@H](O)[C@H]5NC(C)=O)[C@@H](O)[C@H](O)[C@@H]4O[C@@H]4O[C@H](CO)[C@@H](O)[C@H](O)[C@H]4NC(C)=O)[C@@H]3O)[C@H](O)[C@H]2NC(C)=O)[C@@H](CO)O[C@H]1O. The fourth-order valence-electron chi connectivity index (χ4n) is 17.0. The molecule has 0 aromatic carbocycles. The van der Waals surface area contributed by atoms with Gasteiger partial charge in [0.15, 0.2) is 62.9 Å². The summed E-state index contributed by atoms with van der Waals surface area (Å²) in [5.41, 5.74) is 0. The third-order valence-electron chi connectivity index (χ3n) is 23.6. The van der Waals surface area contributed by atoms with E-state index in [1.165, 1.54) is 0 Å². The normalized spacial score (nSPS) is 46.7. The Labute approximate surface area is 748 Å². The molecule has 10 saturated heterocycles. The van der Waals surface area contributed by atoms with E-state index in [0.29, 0.717) is 0 Å². The summed E-state index contributed by atoms with van der Waals surface area (Å²) >= 11 is 0. The maximum atomic E-state index is 13.3. The van der Waals surface area contributed by atoms with Crippen LogP contribution in [0.1, 0.15) is 48.5 Å². The quantitative estimate of drug-likeness (QED) is 0.0280. The van der Waals surface area contributed by atoms with Crippen LogP contribution in [0.5, 0.6) is 0 Å². The molecule has 0 unspecified atom stereocenters. The van der Waals surface area contributed by atoms with Gasteiger partial charge in [-0.15, -0.1) is 0 Å². The second kappa shape index (κ2) is 47.9. The van der Waals surface area contributed by atoms with Crippen LogP contribution in [0.4, 0.5) is 0 Å². The van der Waals surface area contributed by atoms with Gasteiger partial charge in [-0.2, -0.15) is 0 Å². The van der Waals surface area contributed by atoms with E-state index < -0.39 is 414 Å². The van der Waals surface area contributed by atoms with Gasteiger partial charge in [0.25, 0.3) is 0 Å². The summed E-state index contributed by atoms with van der Waals surface area (Å²) in [6.45, 7) is -4.71. The van der Waals surface area contributed by atoms with Crippen LogP contribution in [-0.2, 0) is 124 Å². The Balaban J connectivity index is 1.11. The van der Waals surface area contributed by atoms with Crippen LogP contribution >= 0.6 is 0 Å². The Hall–Kier alpha value is -5.47. The highest BCUT2D eigenvalue weighted by molar-refractivity contribution is 5.75. The van der Waals surface area contributed by atoms with Crippen molar-refractivity contribution in [1.82, 2.24) is 37.2 Å². The smallest absolute Gasteiger partial charge is 0.217 e. The molecule has 0 aromatic heterocycles. The summed E-state index contributed by atoms with van der Waals surface area (Å²) in [4.78, 5) is 89.7. The van der Waals surface area contributed by atoms with Crippen LogP contribution in [0.2, 0.25) is 0 Å². The zero-order valence-corrected chi connectivity index (χ0v) is 71.7. The molecule has 7 amide bonds. The van der Waals surface area contributed by atoms with E-state index in [1.807, 2.05) is 0 Å². The van der Waals surface area contributed by atoms with Crippen molar-refractivity contribution in [3.63, 3.8) is 0 Å². The molecule has 0 bridgehead atoms. The molecule has 0 saturated carbocycles. The fourth-order valence-corrected chi connectivity index (χ4v) is 17.0. The van der Waals surface area contributed by atoms with Gasteiger partial charge in [-0.25, -0.2) is 0 Å². The predicted octanol–water partition coefficient (Wildman–Crippen LogP) is -21.8. The standard InChI is InChI=1S/C74H123N7O51/c1-18(89)75-35-54(108)59(30(13-87)117-65(35)113)127-71-41(81-24(7)95)55(109)60(31(14-88)123-71)129-72-58(112)62(130-74-63(131-69-39(79-22(5)93)52(106)45(99)28(11-85)121-69)56(110)47(101)32(125-74)15-114-66-36(76-19(2)90)49(103)42(96)25(8-82)118-66)48(102)33(124-72)16-116-73-64(132-70-40(80-23(6)94)53(107)46(100)29(12-86)122-70)57(111)61(128-68-38(78-21(4)92)51(105)44(98)27(10-84)120-68)34(126-73)17-115-67-37(77-20(3)91)50(104)43(97)26(9-83)119-67/h25-74,82-88,96-113H,8-17H2,1-7H3,(H,75,89)(H,76,90)(H,77,91)(H,78,92)(H,79,93)(H,80,94)(H,81,95)/t25-,26-,27-,28-,29-,30-,31-,32-,33-,34-,35-,36-,37-,38-,39-,40-,41-,42-,43-,44-,45-,46-,47-,48-,49-,50-,51-,52-,53-,54-,55-,56+,57+,58+,59-,60-,61-,62+,63+,64+,65-,66-,67-,68+,69+,70+,71+,72+,73+,74-/m1/s1. The number of carbonyl (C=O) groups is 7. The van der Waals surface area contributed by atoms with Crippen LogP contribution in [-0.4, -0.2) is 542 Å². The summed E-state index contributed by atoms with van der Waals surface area (Å²) < 4.78 is 116. The average molecular weight is 1930 g/mol. The molecule has 0 aliphatic carbocycles. The van der Waals surface area contributed by atoms with E-state index in [2.05, 4.69) is 37.2 Å². The fraction of sp³-hybridized carbons (Fsp3) is 0.905. The molecular weight excluding hydrogens is 1800 g/mol. The van der Waals surface area contributed by atoms with E-state index in [4.69, 9.17) is 90.0 Å². The molecule has 10 aliphatic rings. The van der Waals surface area contributed by atoms with Gasteiger partial charge >= 0.3 is 0 Å². The van der Waals surface area contributed by atoms with Crippen molar-refractivity contribution < 1.29 is 251 Å². The topological polar surface area (TPSA) is 885 Å². The summed E-state index contributed by atoms with van der Waals surface area (Å²) in [5.74, 6) is -6.43. The molecule has 760 valence electrons. The number of ether oxygens (including phenoxy) is 19. The number of nitrogens with one attached hydrogen (secondary N) is 7. The van der Waals surface area contributed by atoms with Crippen molar-refractivity contribution in [3.05, 3.63) is 0 Å². The summed E-state index contributed by atoms with van der Waals surface area (Å²) in [5, 5.41) is 302. The van der Waals surface area contributed by atoms with Crippen LogP contribution in [0.25, 0.3) is 0 Å². The number of carbonyl (C=O) groups excluding carboxylic acids is 7. The second-order valence-electron chi connectivity index (χ2n) is 33.3. The highest BCUT2D eigenvalue weighted by Crippen LogP contribution is 2.41. The maximum Gasteiger partial charge on any atom is 0.217 e. The number of rotatable bonds is 35. The third-order valence-corrected chi connectivity index (χ3v) is 23.6. The lowest BCUT2D eigenvalue weighted by molar-refractivity contribution is -0.400. The predicted molar refractivity (Wildman–Crippen MR) is 411 cm³/mol. The molecule has 50 atom stereocenters. The van der Waals surface area contributed by atoms with Crippen molar-refractivity contribution in [2.24, 2.45) is 0 Å². The maximum absolute atomic E-state index is 13.3. The van der Waals surface area contributed by atoms with Gasteiger partial charge < -0.3 is 255 Å². The van der Waals surface area contributed by atoms with E-state index in [1.54, 1.807) is 0 Å². The molecule has 0 spiro atoms. The lowest BCUT2D eigenvalue weighted by atomic mass is 9.93. The number of hydrogen-bond donors (Lipinski definition) is 32. The number of amides is 7. The first-order valence-electron chi connectivity index (χ1n) is 42.1. The van der Waals surface area contributed by atoms with Crippen LogP contribution in [0, 0.1) is 0 Å². The number of aliphatic hydroxyl groups excluding tert-OH is 25. The lowest BCUT2D eigenvalue weighted by Gasteiger charge is -2.51. The molecule has 0 aromatic rings. The molecule has 10 rings (SSSR count).